The molecule has 138 valence electrons. The van der Waals surface area contributed by atoms with Gasteiger partial charge in [0.05, 0.1) is 0 Å². The summed E-state index contributed by atoms with van der Waals surface area (Å²) in [4.78, 5) is 23.0. The molecule has 1 aliphatic carbocycles. The Kier molecular flexibility index (Phi) is 5.73. The topological polar surface area (TPSA) is 104 Å². The number of anilines is 2. The third kappa shape index (κ3) is 4.60. The van der Waals surface area contributed by atoms with Crippen LogP contribution in [0.15, 0.2) is 6.07 Å². The zero-order valence-electron chi connectivity index (χ0n) is 14.9. The van der Waals surface area contributed by atoms with E-state index >= 15 is 0 Å². The summed E-state index contributed by atoms with van der Waals surface area (Å²) in [6.45, 7) is 3.73. The highest BCUT2D eigenvalue weighted by atomic mass is 16.3. The van der Waals surface area contributed by atoms with Crippen LogP contribution >= 0.6 is 0 Å². The Hall–Kier alpha value is -1.89. The number of carbonyl (C=O) groups excluding carboxylic acids is 1. The third-order valence-electron chi connectivity index (χ3n) is 5.48. The van der Waals surface area contributed by atoms with Crippen LogP contribution in [0.25, 0.3) is 0 Å². The molecule has 0 aromatic carbocycles. The van der Waals surface area contributed by atoms with Gasteiger partial charge in [0.2, 0.25) is 11.9 Å². The molecule has 1 aromatic rings. The van der Waals surface area contributed by atoms with Crippen molar-refractivity contribution in [2.75, 3.05) is 30.7 Å². The van der Waals surface area contributed by atoms with Crippen LogP contribution in [0.3, 0.4) is 0 Å². The van der Waals surface area contributed by atoms with E-state index in [1.54, 1.807) is 0 Å². The summed E-state index contributed by atoms with van der Waals surface area (Å²) in [7, 11) is 0. The van der Waals surface area contributed by atoms with Gasteiger partial charge in [-0.1, -0.05) is 0 Å². The normalized spacial score (nSPS) is 25.0. The molecule has 0 unspecified atom stereocenters. The Bertz CT molecular complexity index is 573. The molecule has 0 atom stereocenters. The molecular weight excluding hydrogens is 318 g/mol. The van der Waals surface area contributed by atoms with Crippen LogP contribution in [-0.4, -0.2) is 51.6 Å². The van der Waals surface area contributed by atoms with E-state index in [0.29, 0.717) is 17.9 Å². The van der Waals surface area contributed by atoms with E-state index in [0.717, 1.165) is 63.1 Å². The monoisotopic (exact) mass is 347 g/mol. The van der Waals surface area contributed by atoms with Crippen molar-refractivity contribution in [3.8, 4) is 0 Å². The summed E-state index contributed by atoms with van der Waals surface area (Å²) >= 11 is 0. The van der Waals surface area contributed by atoms with E-state index in [4.69, 9.17) is 5.73 Å². The number of aliphatic hydroxyl groups excluding tert-OH is 1. The molecule has 1 amide bonds. The van der Waals surface area contributed by atoms with Crippen LogP contribution < -0.4 is 11.1 Å². The Morgan fingerprint density at radius 3 is 2.52 bits per heavy atom. The van der Waals surface area contributed by atoms with E-state index in [1.165, 1.54) is 0 Å². The minimum absolute atomic E-state index is 0.140. The molecular formula is C18H29N5O2. The molecule has 25 heavy (non-hydrogen) atoms. The van der Waals surface area contributed by atoms with Gasteiger partial charge in [0.15, 0.2) is 0 Å². The first-order chi connectivity index (χ1) is 12.0. The van der Waals surface area contributed by atoms with Gasteiger partial charge in [-0.25, -0.2) is 4.98 Å². The van der Waals surface area contributed by atoms with Gasteiger partial charge in [-0.15, -0.1) is 0 Å². The van der Waals surface area contributed by atoms with Crippen LogP contribution in [0.5, 0.6) is 0 Å². The Labute approximate surface area is 149 Å². The molecule has 0 radical (unpaired) electrons. The highest BCUT2D eigenvalue weighted by Crippen LogP contribution is 2.29. The molecule has 4 N–H and O–H groups in total. The number of hydrogen-bond donors (Lipinski definition) is 3. The van der Waals surface area contributed by atoms with E-state index < -0.39 is 0 Å². The highest BCUT2D eigenvalue weighted by Gasteiger charge is 2.31. The maximum absolute atomic E-state index is 12.7. The fourth-order valence-corrected chi connectivity index (χ4v) is 3.95. The van der Waals surface area contributed by atoms with Crippen LogP contribution in [0.4, 0.5) is 11.8 Å². The van der Waals surface area contributed by atoms with Crippen LogP contribution in [0.2, 0.25) is 0 Å². The fraction of sp³-hybridized carbons (Fsp3) is 0.722. The molecule has 1 aliphatic heterocycles. The fourth-order valence-electron chi connectivity index (χ4n) is 3.95. The maximum Gasteiger partial charge on any atom is 0.225 e. The maximum atomic E-state index is 12.7. The van der Waals surface area contributed by atoms with Gasteiger partial charge in [0.25, 0.3) is 0 Å². The van der Waals surface area contributed by atoms with Gasteiger partial charge in [0.1, 0.15) is 5.82 Å². The highest BCUT2D eigenvalue weighted by molar-refractivity contribution is 5.79. The summed E-state index contributed by atoms with van der Waals surface area (Å²) in [5, 5.41) is 12.7. The van der Waals surface area contributed by atoms with Crippen molar-refractivity contribution in [3.05, 3.63) is 11.8 Å². The second-order valence-electron chi connectivity index (χ2n) is 7.40. The van der Waals surface area contributed by atoms with Crippen molar-refractivity contribution < 1.29 is 9.90 Å². The van der Waals surface area contributed by atoms with Crippen molar-refractivity contribution >= 4 is 17.7 Å². The molecule has 0 bridgehead atoms. The average Bonchev–Trinajstić information content (AvgIpc) is 2.61. The van der Waals surface area contributed by atoms with Gasteiger partial charge < -0.3 is 21.1 Å². The zero-order valence-corrected chi connectivity index (χ0v) is 14.9. The molecule has 2 fully saturated rings. The van der Waals surface area contributed by atoms with Crippen molar-refractivity contribution in [2.24, 2.45) is 11.8 Å². The minimum atomic E-state index is 0.140. The second kappa shape index (κ2) is 7.99. The van der Waals surface area contributed by atoms with E-state index in [1.807, 2.05) is 17.9 Å². The number of rotatable bonds is 4. The lowest BCUT2D eigenvalue weighted by Gasteiger charge is -2.36. The van der Waals surface area contributed by atoms with E-state index in [-0.39, 0.29) is 18.5 Å². The standard InChI is InChI=1S/C18H29N5O2/c1-12-10-16(22-18(19)20-12)21-15-4-2-14(3-5-15)17(25)23-8-6-13(11-24)7-9-23/h10,13-15,24H,2-9,11H2,1H3,(H3,19,20,21,22). The van der Waals surface area contributed by atoms with Crippen LogP contribution in [-0.2, 0) is 4.79 Å². The number of piperidine rings is 1. The van der Waals surface area contributed by atoms with Crippen LogP contribution in [0.1, 0.15) is 44.2 Å². The first-order valence-corrected chi connectivity index (χ1v) is 9.32. The number of amides is 1. The Balaban J connectivity index is 1.47. The lowest BCUT2D eigenvalue weighted by Crippen LogP contribution is -2.43. The predicted octanol–water partition coefficient (Wildman–Crippen LogP) is 1.57. The molecule has 0 spiro atoms. The van der Waals surface area contributed by atoms with Crippen molar-refractivity contribution in [1.82, 2.24) is 14.9 Å². The largest absolute Gasteiger partial charge is 0.396 e. The number of nitrogens with zero attached hydrogens (tertiary/aromatic N) is 3. The van der Waals surface area contributed by atoms with Gasteiger partial charge >= 0.3 is 0 Å². The quantitative estimate of drug-likeness (QED) is 0.764. The molecule has 1 aromatic heterocycles. The average molecular weight is 347 g/mol. The van der Waals surface area contributed by atoms with Gasteiger partial charge in [-0.3, -0.25) is 4.79 Å². The van der Waals surface area contributed by atoms with Crippen molar-refractivity contribution in [1.29, 1.82) is 0 Å². The van der Waals surface area contributed by atoms with Gasteiger partial charge in [0, 0.05) is 43.4 Å². The molecule has 2 heterocycles. The summed E-state index contributed by atoms with van der Waals surface area (Å²) in [6, 6.07) is 2.23. The van der Waals surface area contributed by atoms with Gasteiger partial charge in [-0.05, 0) is 51.4 Å². The summed E-state index contributed by atoms with van der Waals surface area (Å²) in [5.41, 5.74) is 6.55. The lowest BCUT2D eigenvalue weighted by atomic mass is 9.84. The van der Waals surface area contributed by atoms with Crippen molar-refractivity contribution in [2.45, 2.75) is 51.5 Å². The SMILES string of the molecule is Cc1cc(NC2CCC(C(=O)N3CCC(CO)CC3)CC2)nc(N)n1. The number of aryl methyl sites for hydroxylation is 1. The predicted molar refractivity (Wildman–Crippen MR) is 96.9 cm³/mol. The number of nitrogens with two attached hydrogens (primary N) is 1. The first kappa shape index (κ1) is 17.9. The first-order valence-electron chi connectivity index (χ1n) is 9.32. The number of aromatic nitrogens is 2. The molecule has 2 aliphatic rings. The van der Waals surface area contributed by atoms with Gasteiger partial charge in [-0.2, -0.15) is 4.98 Å². The summed E-state index contributed by atoms with van der Waals surface area (Å²) in [6.07, 6.45) is 5.60. The molecule has 3 rings (SSSR count). The van der Waals surface area contributed by atoms with E-state index in [9.17, 15) is 9.90 Å². The van der Waals surface area contributed by atoms with Crippen LogP contribution in [0, 0.1) is 18.8 Å². The summed E-state index contributed by atoms with van der Waals surface area (Å²) in [5.74, 6) is 1.87. The minimum Gasteiger partial charge on any atom is -0.396 e. The molecule has 1 saturated heterocycles. The Morgan fingerprint density at radius 1 is 1.24 bits per heavy atom. The zero-order chi connectivity index (χ0) is 17.8. The number of likely N-dealkylation sites (tertiary alicyclic amines) is 1. The second-order valence-corrected chi connectivity index (χ2v) is 7.40. The number of nitrogens with one attached hydrogen (secondary N) is 1. The number of carbonyl (C=O) groups is 1. The van der Waals surface area contributed by atoms with Crippen molar-refractivity contribution in [3.63, 3.8) is 0 Å². The third-order valence-corrected chi connectivity index (χ3v) is 5.48. The molecule has 7 heteroatoms. The number of aliphatic hydroxyl groups is 1. The smallest absolute Gasteiger partial charge is 0.225 e. The number of nitrogen functional groups attached to an aromatic ring is 1. The Morgan fingerprint density at radius 2 is 1.92 bits per heavy atom. The van der Waals surface area contributed by atoms with E-state index in [2.05, 4.69) is 15.3 Å². The summed E-state index contributed by atoms with van der Waals surface area (Å²) < 4.78 is 0. The lowest BCUT2D eigenvalue weighted by molar-refractivity contribution is -0.138. The number of hydrogen-bond acceptors (Lipinski definition) is 6. The molecule has 7 nitrogen and oxygen atoms in total. The molecule has 1 saturated carbocycles.